The number of nitrogens with zero attached hydrogens (tertiary/aromatic N) is 2. The van der Waals surface area contributed by atoms with E-state index in [1.807, 2.05) is 0 Å². The van der Waals surface area contributed by atoms with Gasteiger partial charge in [0.25, 0.3) is 11.5 Å². The average Bonchev–Trinajstić information content (AvgIpc) is 2.46. The third-order valence-corrected chi connectivity index (χ3v) is 5.49. The van der Waals surface area contributed by atoms with Gasteiger partial charge in [0.05, 0.1) is 12.4 Å². The number of sulfonamides is 1. The molecule has 0 aliphatic carbocycles. The van der Waals surface area contributed by atoms with E-state index in [0.717, 1.165) is 10.00 Å². The van der Waals surface area contributed by atoms with Gasteiger partial charge in [0, 0.05) is 40.0 Å². The molecule has 0 spiro atoms. The van der Waals surface area contributed by atoms with Crippen molar-refractivity contribution in [3.8, 4) is 0 Å². The van der Waals surface area contributed by atoms with Crippen LogP contribution in [0.1, 0.15) is 21.6 Å². The van der Waals surface area contributed by atoms with E-state index in [1.165, 1.54) is 25.8 Å². The Hall–Kier alpha value is -1.71. The lowest BCUT2D eigenvalue weighted by atomic mass is 10.1. The van der Waals surface area contributed by atoms with E-state index in [1.54, 1.807) is 19.9 Å². The van der Waals surface area contributed by atoms with Crippen LogP contribution >= 0.6 is 0 Å². The molecule has 0 saturated heterocycles. The van der Waals surface area contributed by atoms with E-state index in [4.69, 9.17) is 4.74 Å². The fourth-order valence-corrected chi connectivity index (χ4v) is 2.95. The highest BCUT2D eigenvalue weighted by molar-refractivity contribution is 7.89. The monoisotopic (exact) mass is 359 g/mol. The van der Waals surface area contributed by atoms with Crippen LogP contribution in [-0.2, 0) is 21.3 Å². The largest absolute Gasteiger partial charge is 0.383 e. The van der Waals surface area contributed by atoms with Crippen molar-refractivity contribution in [1.29, 1.82) is 0 Å². The van der Waals surface area contributed by atoms with E-state index >= 15 is 0 Å². The Balaban J connectivity index is 2.97. The zero-order valence-corrected chi connectivity index (χ0v) is 15.6. The third-order valence-electron chi connectivity index (χ3n) is 3.65. The Labute approximate surface area is 142 Å². The molecule has 1 aromatic heterocycles. The van der Waals surface area contributed by atoms with Crippen molar-refractivity contribution in [1.82, 2.24) is 14.2 Å². The molecule has 8 nitrogen and oxygen atoms in total. The van der Waals surface area contributed by atoms with Crippen LogP contribution in [0, 0.1) is 13.8 Å². The zero-order valence-electron chi connectivity index (χ0n) is 14.7. The van der Waals surface area contributed by atoms with Crippen molar-refractivity contribution >= 4 is 15.9 Å². The molecule has 136 valence electrons. The Morgan fingerprint density at radius 3 is 2.50 bits per heavy atom. The van der Waals surface area contributed by atoms with Crippen molar-refractivity contribution in [2.45, 2.75) is 20.4 Å². The molecule has 1 amide bonds. The second-order valence-corrected chi connectivity index (χ2v) is 7.95. The standard InChI is InChI=1S/C15H25N3O5S/c1-11-10-12(2)18(7-8-23-5)15(20)13(11)14(19)16-6-9-24(21,22)17(3)4/h10H,6-9H2,1-5H3,(H,16,19). The number of amides is 1. The highest BCUT2D eigenvalue weighted by Crippen LogP contribution is 2.06. The van der Waals surface area contributed by atoms with Gasteiger partial charge in [0.2, 0.25) is 10.0 Å². The van der Waals surface area contributed by atoms with Crippen molar-refractivity contribution in [2.24, 2.45) is 0 Å². The van der Waals surface area contributed by atoms with Gasteiger partial charge >= 0.3 is 0 Å². The molecule has 1 N–H and O–H groups in total. The zero-order chi connectivity index (χ0) is 18.5. The van der Waals surface area contributed by atoms with Gasteiger partial charge < -0.3 is 14.6 Å². The Morgan fingerprint density at radius 2 is 1.96 bits per heavy atom. The molecule has 0 aliphatic heterocycles. The number of rotatable bonds is 8. The molecule has 24 heavy (non-hydrogen) atoms. The molecular formula is C15H25N3O5S. The quantitative estimate of drug-likeness (QED) is 0.689. The van der Waals surface area contributed by atoms with Crippen LogP contribution in [0.2, 0.25) is 0 Å². The summed E-state index contributed by atoms with van der Waals surface area (Å²) in [5.41, 5.74) is 0.914. The fraction of sp³-hybridized carbons (Fsp3) is 0.600. The van der Waals surface area contributed by atoms with Gasteiger partial charge in [-0.15, -0.1) is 0 Å². The summed E-state index contributed by atoms with van der Waals surface area (Å²) in [4.78, 5) is 24.9. The van der Waals surface area contributed by atoms with Crippen molar-refractivity contribution in [3.05, 3.63) is 33.2 Å². The van der Waals surface area contributed by atoms with Gasteiger partial charge in [-0.1, -0.05) is 0 Å². The molecule has 0 bridgehead atoms. The normalized spacial score (nSPS) is 11.8. The number of carbonyl (C=O) groups excluding carboxylic acids is 1. The maximum atomic E-state index is 12.5. The summed E-state index contributed by atoms with van der Waals surface area (Å²) >= 11 is 0. The first-order valence-corrected chi connectivity index (χ1v) is 9.11. The Morgan fingerprint density at radius 1 is 1.33 bits per heavy atom. The Bertz CT molecular complexity index is 753. The van der Waals surface area contributed by atoms with E-state index in [9.17, 15) is 18.0 Å². The maximum Gasteiger partial charge on any atom is 0.263 e. The smallest absolute Gasteiger partial charge is 0.263 e. The minimum atomic E-state index is -3.40. The van der Waals surface area contributed by atoms with E-state index < -0.39 is 21.5 Å². The number of pyridine rings is 1. The van der Waals surface area contributed by atoms with Crippen LogP contribution in [0.3, 0.4) is 0 Å². The molecule has 0 unspecified atom stereocenters. The number of hydrogen-bond acceptors (Lipinski definition) is 5. The molecule has 0 aliphatic rings. The van der Waals surface area contributed by atoms with Crippen molar-refractivity contribution in [3.63, 3.8) is 0 Å². The third kappa shape index (κ3) is 4.89. The van der Waals surface area contributed by atoms with Gasteiger partial charge in [0.1, 0.15) is 5.56 Å². The van der Waals surface area contributed by atoms with Crippen LogP contribution in [0.4, 0.5) is 0 Å². The van der Waals surface area contributed by atoms with Gasteiger partial charge in [-0.2, -0.15) is 0 Å². The summed E-state index contributed by atoms with van der Waals surface area (Å²) in [6.45, 7) is 4.10. The summed E-state index contributed by atoms with van der Waals surface area (Å²) in [5.74, 6) is -0.799. The first-order chi connectivity index (χ1) is 11.1. The molecule has 0 atom stereocenters. The van der Waals surface area contributed by atoms with Crippen LogP contribution < -0.4 is 10.9 Å². The highest BCUT2D eigenvalue weighted by Gasteiger charge is 2.19. The summed E-state index contributed by atoms with van der Waals surface area (Å²) < 4.78 is 30.9. The summed E-state index contributed by atoms with van der Waals surface area (Å²) in [6, 6.07) is 1.75. The molecule has 9 heteroatoms. The summed E-state index contributed by atoms with van der Waals surface area (Å²) in [7, 11) is 0.983. The SMILES string of the molecule is COCCn1c(C)cc(C)c(C(=O)NCCS(=O)(=O)N(C)C)c1=O. The van der Waals surface area contributed by atoms with E-state index in [2.05, 4.69) is 5.32 Å². The molecule has 1 heterocycles. The van der Waals surface area contributed by atoms with Crippen molar-refractivity contribution in [2.75, 3.05) is 40.1 Å². The number of ether oxygens (including phenoxy) is 1. The summed E-state index contributed by atoms with van der Waals surface area (Å²) in [6.07, 6.45) is 0. The minimum Gasteiger partial charge on any atom is -0.383 e. The summed E-state index contributed by atoms with van der Waals surface area (Å²) in [5, 5.41) is 2.51. The van der Waals surface area contributed by atoms with Gasteiger partial charge in [-0.05, 0) is 25.5 Å². The first-order valence-electron chi connectivity index (χ1n) is 7.50. The second-order valence-electron chi connectivity index (χ2n) is 5.65. The predicted octanol–water partition coefficient (Wildman–Crippen LogP) is -0.267. The lowest BCUT2D eigenvalue weighted by Gasteiger charge is -2.15. The lowest BCUT2D eigenvalue weighted by Crippen LogP contribution is -2.38. The maximum absolute atomic E-state index is 12.5. The molecule has 1 rings (SSSR count). The molecule has 0 fully saturated rings. The minimum absolute atomic E-state index is 0.0268. The predicted molar refractivity (Wildman–Crippen MR) is 91.9 cm³/mol. The topological polar surface area (TPSA) is 97.7 Å². The number of nitrogens with one attached hydrogen (secondary N) is 1. The number of carbonyl (C=O) groups is 1. The number of hydrogen-bond donors (Lipinski definition) is 1. The van der Waals surface area contributed by atoms with Crippen LogP contribution in [0.15, 0.2) is 10.9 Å². The molecule has 0 aromatic carbocycles. The molecule has 0 radical (unpaired) electrons. The van der Waals surface area contributed by atoms with Gasteiger partial charge in [-0.3, -0.25) is 9.59 Å². The average molecular weight is 359 g/mol. The second kappa shape index (κ2) is 8.41. The Kier molecular flexibility index (Phi) is 7.12. The van der Waals surface area contributed by atoms with E-state index in [0.29, 0.717) is 18.7 Å². The fourth-order valence-electron chi connectivity index (χ4n) is 2.23. The van der Waals surface area contributed by atoms with Gasteiger partial charge in [0.15, 0.2) is 0 Å². The van der Waals surface area contributed by atoms with Crippen molar-refractivity contribution < 1.29 is 17.9 Å². The first kappa shape index (κ1) is 20.3. The van der Waals surface area contributed by atoms with Gasteiger partial charge in [-0.25, -0.2) is 12.7 Å². The number of methoxy groups -OCH3 is 1. The van der Waals surface area contributed by atoms with Crippen LogP contribution in [-0.4, -0.2) is 63.3 Å². The molecular weight excluding hydrogens is 334 g/mol. The van der Waals surface area contributed by atoms with Crippen LogP contribution in [0.5, 0.6) is 0 Å². The molecule has 0 saturated carbocycles. The lowest BCUT2D eigenvalue weighted by molar-refractivity contribution is 0.0952. The van der Waals surface area contributed by atoms with Crippen LogP contribution in [0.25, 0.3) is 0 Å². The van der Waals surface area contributed by atoms with E-state index in [-0.39, 0.29) is 17.9 Å². The molecule has 1 aromatic rings. The highest BCUT2D eigenvalue weighted by atomic mass is 32.2. The number of aromatic nitrogens is 1. The number of aryl methyl sites for hydroxylation is 2.